The highest BCUT2D eigenvalue weighted by atomic mass is 79.9. The molecule has 0 fully saturated rings. The molecule has 0 amide bonds. The summed E-state index contributed by atoms with van der Waals surface area (Å²) in [5, 5.41) is 7.90. The van der Waals surface area contributed by atoms with E-state index in [-0.39, 0.29) is 17.8 Å². The average Bonchev–Trinajstić information content (AvgIpc) is 2.95. The molecule has 0 radical (unpaired) electrons. The number of nitrogen functional groups attached to an aromatic ring is 1. The Hall–Kier alpha value is -2.12. The van der Waals surface area contributed by atoms with Crippen LogP contribution in [-0.2, 0) is 0 Å². The van der Waals surface area contributed by atoms with Gasteiger partial charge in [-0.05, 0) is 36.2 Å². The van der Waals surface area contributed by atoms with Gasteiger partial charge >= 0.3 is 0 Å². The van der Waals surface area contributed by atoms with Gasteiger partial charge in [0.15, 0.2) is 0 Å². The van der Waals surface area contributed by atoms with Crippen molar-refractivity contribution in [2.45, 2.75) is 18.5 Å². The van der Waals surface area contributed by atoms with Crippen LogP contribution in [0, 0.1) is 5.82 Å². The number of hydrogen-bond acceptors (Lipinski definition) is 4. The summed E-state index contributed by atoms with van der Waals surface area (Å²) in [6.07, 6.45) is 0.568. The maximum absolute atomic E-state index is 14.5. The first-order chi connectivity index (χ1) is 12.0. The number of nitrogens with two attached hydrogens (primary N) is 1. The molecule has 4 rings (SSSR count). The first kappa shape index (κ1) is 16.4. The smallest absolute Gasteiger partial charge is 0.241 e. The van der Waals surface area contributed by atoms with Crippen LogP contribution >= 0.6 is 27.5 Å². The van der Waals surface area contributed by atoms with Crippen LogP contribution in [0.15, 0.2) is 46.9 Å². The fourth-order valence-corrected chi connectivity index (χ4v) is 3.73. The molecular formula is C17H14BrClFN5. The second-order valence-corrected chi connectivity index (χ2v) is 7.20. The predicted octanol–water partition coefficient (Wildman–Crippen LogP) is 4.56. The summed E-state index contributed by atoms with van der Waals surface area (Å²) >= 11 is 9.73. The molecule has 5 nitrogen and oxygen atoms in total. The first-order valence-corrected chi connectivity index (χ1v) is 8.88. The molecule has 0 saturated heterocycles. The first-order valence-electron chi connectivity index (χ1n) is 7.71. The molecule has 3 aromatic rings. The van der Waals surface area contributed by atoms with Gasteiger partial charge in [0.1, 0.15) is 5.82 Å². The number of fused-ring (bicyclic) bond motifs is 1. The molecule has 2 heterocycles. The van der Waals surface area contributed by atoms with E-state index >= 15 is 0 Å². The highest BCUT2D eigenvalue weighted by Gasteiger charge is 2.33. The minimum atomic E-state index is -0.400. The van der Waals surface area contributed by atoms with Crippen molar-refractivity contribution >= 4 is 39.4 Å². The van der Waals surface area contributed by atoms with E-state index in [1.54, 1.807) is 16.8 Å². The summed E-state index contributed by atoms with van der Waals surface area (Å²) in [7, 11) is 0. The predicted molar refractivity (Wildman–Crippen MR) is 99.1 cm³/mol. The largest absolute Gasteiger partial charge is 0.366 e. The molecule has 1 aliphatic rings. The molecule has 3 N–H and O–H groups in total. The zero-order valence-corrected chi connectivity index (χ0v) is 15.3. The second kappa shape index (κ2) is 6.31. The van der Waals surface area contributed by atoms with Crippen LogP contribution in [0.5, 0.6) is 0 Å². The molecule has 25 heavy (non-hydrogen) atoms. The molecule has 2 aromatic carbocycles. The van der Waals surface area contributed by atoms with E-state index in [4.69, 9.17) is 17.3 Å². The zero-order valence-electron chi connectivity index (χ0n) is 13.0. The Balaban J connectivity index is 1.81. The third-order valence-corrected chi connectivity index (χ3v) is 5.17. The molecular weight excluding hydrogens is 409 g/mol. The highest BCUT2D eigenvalue weighted by Crippen LogP contribution is 2.41. The Bertz CT molecular complexity index is 907. The minimum absolute atomic E-state index is 0.0649. The highest BCUT2D eigenvalue weighted by molar-refractivity contribution is 9.10. The second-order valence-electron chi connectivity index (χ2n) is 5.87. The van der Waals surface area contributed by atoms with Crippen LogP contribution in [0.2, 0.25) is 5.02 Å². The number of aromatic nitrogens is 3. The van der Waals surface area contributed by atoms with Gasteiger partial charge in [0, 0.05) is 15.1 Å². The maximum atomic E-state index is 14.5. The zero-order chi connectivity index (χ0) is 17.6. The lowest BCUT2D eigenvalue weighted by Gasteiger charge is -2.32. The van der Waals surface area contributed by atoms with Gasteiger partial charge in [-0.2, -0.15) is 4.98 Å². The van der Waals surface area contributed by atoms with Crippen molar-refractivity contribution in [1.82, 2.24) is 14.8 Å². The molecule has 0 spiro atoms. The van der Waals surface area contributed by atoms with Crippen LogP contribution in [-0.4, -0.2) is 14.8 Å². The summed E-state index contributed by atoms with van der Waals surface area (Å²) in [5.74, 6) is 0.270. The Morgan fingerprint density at radius 2 is 2.00 bits per heavy atom. The molecule has 0 unspecified atom stereocenters. The number of benzene rings is 2. The maximum Gasteiger partial charge on any atom is 0.241 e. The van der Waals surface area contributed by atoms with E-state index in [0.29, 0.717) is 23.0 Å². The Labute approximate surface area is 157 Å². The van der Waals surface area contributed by atoms with Crippen molar-refractivity contribution in [2.24, 2.45) is 0 Å². The SMILES string of the molecule is Nc1nc2n(n1)[C@H](c1c(F)cccc1Cl)C[C@H](c1ccc(Br)cc1)N2. The van der Waals surface area contributed by atoms with Crippen molar-refractivity contribution in [3.8, 4) is 0 Å². The number of rotatable bonds is 2. The number of anilines is 2. The van der Waals surface area contributed by atoms with Crippen molar-refractivity contribution in [3.63, 3.8) is 0 Å². The van der Waals surface area contributed by atoms with Crippen LogP contribution in [0.4, 0.5) is 16.3 Å². The molecule has 0 saturated carbocycles. The minimum Gasteiger partial charge on any atom is -0.366 e. The average molecular weight is 423 g/mol. The van der Waals surface area contributed by atoms with Gasteiger partial charge in [0.05, 0.1) is 12.1 Å². The summed E-state index contributed by atoms with van der Waals surface area (Å²) < 4.78 is 17.1. The van der Waals surface area contributed by atoms with Crippen molar-refractivity contribution in [2.75, 3.05) is 11.1 Å². The molecule has 128 valence electrons. The Morgan fingerprint density at radius 1 is 1.24 bits per heavy atom. The van der Waals surface area contributed by atoms with E-state index in [0.717, 1.165) is 10.0 Å². The third-order valence-electron chi connectivity index (χ3n) is 4.31. The van der Waals surface area contributed by atoms with Crippen LogP contribution < -0.4 is 11.1 Å². The van der Waals surface area contributed by atoms with Crippen molar-refractivity contribution in [3.05, 3.63) is 68.9 Å². The van der Waals surface area contributed by atoms with Crippen molar-refractivity contribution in [1.29, 1.82) is 0 Å². The number of halogens is 3. The standard InChI is InChI=1S/C17H14BrClFN5/c18-10-6-4-9(5-7-10)13-8-14(15-11(19)2-1-3-12(15)20)25-17(22-13)23-16(21)24-25/h1-7,13-14H,8H2,(H3,21,22,23,24)/t13-,14+/m1/s1. The lowest BCUT2D eigenvalue weighted by molar-refractivity contribution is 0.416. The van der Waals surface area contributed by atoms with Crippen LogP contribution in [0.25, 0.3) is 0 Å². The van der Waals surface area contributed by atoms with E-state index in [1.165, 1.54) is 6.07 Å². The third kappa shape index (κ3) is 2.98. The monoisotopic (exact) mass is 421 g/mol. The number of nitrogens with zero attached hydrogens (tertiary/aromatic N) is 3. The molecule has 0 bridgehead atoms. The topological polar surface area (TPSA) is 68.8 Å². The molecule has 8 heteroatoms. The summed E-state index contributed by atoms with van der Waals surface area (Å²) in [6.45, 7) is 0. The Morgan fingerprint density at radius 3 is 2.72 bits per heavy atom. The van der Waals surface area contributed by atoms with Gasteiger partial charge in [-0.1, -0.05) is 45.7 Å². The normalized spacial score (nSPS) is 19.3. The van der Waals surface area contributed by atoms with Gasteiger partial charge < -0.3 is 11.1 Å². The van der Waals surface area contributed by atoms with E-state index in [1.807, 2.05) is 24.3 Å². The van der Waals surface area contributed by atoms with Crippen molar-refractivity contribution < 1.29 is 4.39 Å². The van der Waals surface area contributed by atoms with Crippen LogP contribution in [0.3, 0.4) is 0 Å². The molecule has 2 atom stereocenters. The van der Waals surface area contributed by atoms with Crippen LogP contribution in [0.1, 0.15) is 29.6 Å². The summed E-state index contributed by atoms with van der Waals surface area (Å²) in [5.41, 5.74) is 7.23. The van der Waals surface area contributed by atoms with Gasteiger partial charge in [-0.15, -0.1) is 5.10 Å². The molecule has 1 aliphatic heterocycles. The van der Waals surface area contributed by atoms with Gasteiger partial charge in [0.2, 0.25) is 11.9 Å². The Kier molecular flexibility index (Phi) is 4.13. The van der Waals surface area contributed by atoms with Gasteiger partial charge in [0.25, 0.3) is 0 Å². The summed E-state index contributed by atoms with van der Waals surface area (Å²) in [4.78, 5) is 4.22. The van der Waals surface area contributed by atoms with E-state index in [9.17, 15) is 4.39 Å². The lowest BCUT2D eigenvalue weighted by Crippen LogP contribution is -2.28. The van der Waals surface area contributed by atoms with Gasteiger partial charge in [-0.3, -0.25) is 0 Å². The van der Waals surface area contributed by atoms with Gasteiger partial charge in [-0.25, -0.2) is 9.07 Å². The van der Waals surface area contributed by atoms with E-state index < -0.39 is 6.04 Å². The lowest BCUT2D eigenvalue weighted by atomic mass is 9.93. The van der Waals surface area contributed by atoms with E-state index in [2.05, 4.69) is 31.3 Å². The number of hydrogen-bond donors (Lipinski definition) is 2. The quantitative estimate of drug-likeness (QED) is 0.635. The summed E-state index contributed by atoms with van der Waals surface area (Å²) in [6, 6.07) is 12.2. The fourth-order valence-electron chi connectivity index (χ4n) is 3.18. The molecule has 1 aromatic heterocycles. The fraction of sp³-hybridized carbons (Fsp3) is 0.176. The number of nitrogens with one attached hydrogen (secondary N) is 1. The molecule has 0 aliphatic carbocycles.